The summed E-state index contributed by atoms with van der Waals surface area (Å²) in [6.45, 7) is 13.4. The van der Waals surface area contributed by atoms with Crippen molar-refractivity contribution < 1.29 is 91.1 Å². The molecule has 20 heteroatoms. The van der Waals surface area contributed by atoms with E-state index in [2.05, 4.69) is 18.9 Å². The molecule has 0 saturated heterocycles. The first-order valence-corrected chi connectivity index (χ1v) is 14.4. The van der Waals surface area contributed by atoms with Crippen LogP contribution in [0.5, 0.6) is 0 Å². The van der Waals surface area contributed by atoms with Gasteiger partial charge >= 0.3 is 48.4 Å². The lowest BCUT2D eigenvalue weighted by molar-refractivity contribution is -0.408. The second kappa shape index (κ2) is 14.5. The van der Waals surface area contributed by atoms with Crippen molar-refractivity contribution in [3.63, 3.8) is 0 Å². The molecule has 0 atom stereocenters. The molecule has 0 unspecified atom stereocenters. The SMILES string of the molecule is CCC(C)(C)C(=O)OC(C)(C)C(O)(C(F)(F)F)C(F)(F)F.CCC(C)(C)C(=O)OC(C)(C)C(OC(=O)OC(C)(C)C)(C(F)(F)F)C(F)(F)F. The maximum Gasteiger partial charge on any atom is 0.510 e. The normalized spacial score (nSPS) is 14.7. The lowest BCUT2D eigenvalue weighted by atomic mass is 9.82. The van der Waals surface area contributed by atoms with Crippen LogP contribution in [-0.4, -0.2) is 75.9 Å². The Kier molecular flexibility index (Phi) is 14.4. The molecule has 0 fully saturated rings. The molecule has 8 nitrogen and oxygen atoms in total. The van der Waals surface area contributed by atoms with Crippen molar-refractivity contribution in [2.24, 2.45) is 10.8 Å². The number of ether oxygens (including phenoxy) is 4. The lowest BCUT2D eigenvalue weighted by Gasteiger charge is -2.46. The monoisotopic (exact) mass is 748 g/mol. The largest absolute Gasteiger partial charge is 0.510 e. The molecule has 0 aromatic heterocycles. The van der Waals surface area contributed by atoms with Gasteiger partial charge in [-0.2, -0.15) is 52.7 Å². The first-order valence-electron chi connectivity index (χ1n) is 14.4. The van der Waals surface area contributed by atoms with Gasteiger partial charge in [-0.15, -0.1) is 0 Å². The number of carbonyl (C=O) groups is 3. The van der Waals surface area contributed by atoms with E-state index < -0.39 is 81.6 Å². The molecule has 1 N–H and O–H groups in total. The van der Waals surface area contributed by atoms with Crippen LogP contribution in [0.1, 0.15) is 103 Å². The first-order chi connectivity index (χ1) is 21.0. The Morgan fingerprint density at radius 1 is 0.469 bits per heavy atom. The number of hydrogen-bond acceptors (Lipinski definition) is 8. The van der Waals surface area contributed by atoms with Crippen LogP contribution in [0.2, 0.25) is 0 Å². The zero-order valence-corrected chi connectivity index (χ0v) is 29.3. The Hall–Kier alpha value is -2.67. The Balaban J connectivity index is 0. The molecule has 0 radical (unpaired) electrons. The van der Waals surface area contributed by atoms with Crippen LogP contribution in [-0.2, 0) is 28.5 Å². The fourth-order valence-corrected chi connectivity index (χ4v) is 3.50. The molecule has 0 spiro atoms. The average Bonchev–Trinajstić information content (AvgIpc) is 2.82. The quantitative estimate of drug-likeness (QED) is 0.141. The molecule has 0 bridgehead atoms. The predicted molar refractivity (Wildman–Crippen MR) is 148 cm³/mol. The Labute approximate surface area is 276 Å². The van der Waals surface area contributed by atoms with E-state index in [4.69, 9.17) is 0 Å². The van der Waals surface area contributed by atoms with Crippen LogP contribution in [0.15, 0.2) is 0 Å². The highest BCUT2D eigenvalue weighted by Gasteiger charge is 2.83. The summed E-state index contributed by atoms with van der Waals surface area (Å²) >= 11 is 0. The zero-order valence-electron chi connectivity index (χ0n) is 29.3. The van der Waals surface area contributed by atoms with Gasteiger partial charge in [0.2, 0.25) is 0 Å². The fraction of sp³-hybridized carbons (Fsp3) is 0.897. The molecular formula is C29H44F12O8. The Morgan fingerprint density at radius 2 is 0.755 bits per heavy atom. The van der Waals surface area contributed by atoms with E-state index in [-0.39, 0.29) is 12.8 Å². The van der Waals surface area contributed by atoms with Gasteiger partial charge in [0, 0.05) is 0 Å². The number of aliphatic hydroxyl groups is 1. The molecule has 0 amide bonds. The van der Waals surface area contributed by atoms with Gasteiger partial charge in [0.15, 0.2) is 11.2 Å². The third-order valence-corrected chi connectivity index (χ3v) is 7.53. The molecule has 0 rings (SSSR count). The van der Waals surface area contributed by atoms with Crippen LogP contribution in [0.3, 0.4) is 0 Å². The van der Waals surface area contributed by atoms with E-state index >= 15 is 0 Å². The average molecular weight is 749 g/mol. The van der Waals surface area contributed by atoms with Crippen LogP contribution in [0, 0.1) is 10.8 Å². The number of halogens is 12. The Bertz CT molecular complexity index is 1130. The molecule has 0 saturated carbocycles. The highest BCUT2D eigenvalue weighted by Crippen LogP contribution is 2.54. The van der Waals surface area contributed by atoms with Crippen molar-refractivity contribution in [2.75, 3.05) is 0 Å². The Morgan fingerprint density at radius 3 is 0.980 bits per heavy atom. The van der Waals surface area contributed by atoms with Crippen molar-refractivity contribution in [2.45, 2.75) is 156 Å². The van der Waals surface area contributed by atoms with E-state index in [9.17, 15) is 72.2 Å². The lowest BCUT2D eigenvalue weighted by Crippen LogP contribution is -2.72. The van der Waals surface area contributed by atoms with Crippen LogP contribution in [0.25, 0.3) is 0 Å². The van der Waals surface area contributed by atoms with Crippen molar-refractivity contribution >= 4 is 18.1 Å². The third kappa shape index (κ3) is 10.7. The fourth-order valence-electron chi connectivity index (χ4n) is 3.50. The number of esters is 2. The van der Waals surface area contributed by atoms with Gasteiger partial charge < -0.3 is 24.1 Å². The minimum Gasteiger partial charge on any atom is -0.455 e. The van der Waals surface area contributed by atoms with Crippen molar-refractivity contribution in [1.82, 2.24) is 0 Å². The smallest absolute Gasteiger partial charge is 0.455 e. The van der Waals surface area contributed by atoms with E-state index in [0.717, 1.165) is 0 Å². The van der Waals surface area contributed by atoms with Crippen LogP contribution < -0.4 is 0 Å². The summed E-state index contributed by atoms with van der Waals surface area (Å²) in [4.78, 5) is 35.7. The summed E-state index contributed by atoms with van der Waals surface area (Å²) in [7, 11) is 0. The van der Waals surface area contributed by atoms with Crippen molar-refractivity contribution in [1.29, 1.82) is 0 Å². The van der Waals surface area contributed by atoms with Crippen LogP contribution >= 0.6 is 0 Å². The summed E-state index contributed by atoms with van der Waals surface area (Å²) in [6, 6.07) is 0. The summed E-state index contributed by atoms with van der Waals surface area (Å²) in [5.74, 6) is -2.58. The highest BCUT2D eigenvalue weighted by atomic mass is 19.4. The molecule has 0 aliphatic heterocycles. The minimum atomic E-state index is -6.18. The molecule has 0 aliphatic rings. The van der Waals surface area contributed by atoms with Gasteiger partial charge in [0.1, 0.15) is 5.60 Å². The second-order valence-corrected chi connectivity index (χ2v) is 14.2. The highest BCUT2D eigenvalue weighted by molar-refractivity contribution is 5.77. The number of carbonyl (C=O) groups excluding carboxylic acids is 3. The van der Waals surface area contributed by atoms with Gasteiger partial charge in [-0.1, -0.05) is 13.8 Å². The summed E-state index contributed by atoms with van der Waals surface area (Å²) in [5, 5.41) is 9.27. The van der Waals surface area contributed by atoms with Crippen molar-refractivity contribution in [3.8, 4) is 0 Å². The zero-order chi connectivity index (χ0) is 40.5. The minimum absolute atomic E-state index is 0.0832. The van der Waals surface area contributed by atoms with E-state index in [0.29, 0.717) is 27.7 Å². The standard InChI is InChI=1S/C17H26F6O5.C12H18F6O3/c1-9-13(5,6)10(24)26-14(7,8)15(16(18,19)20,17(21,22)23)28-11(25)27-12(2,3)4;1-6-8(2,3)7(19)21-9(4,5)10(20,11(13,14)15)12(16,17)18/h9H2,1-8H3;20H,6H2,1-5H3. The maximum atomic E-state index is 13.7. The van der Waals surface area contributed by atoms with Gasteiger partial charge in [-0.25, -0.2) is 4.79 Å². The summed E-state index contributed by atoms with van der Waals surface area (Å²) in [6.07, 6.45) is -26.5. The molecule has 49 heavy (non-hydrogen) atoms. The third-order valence-electron chi connectivity index (χ3n) is 7.53. The number of rotatable bonds is 9. The molecule has 0 aliphatic carbocycles. The first kappa shape index (κ1) is 48.4. The summed E-state index contributed by atoms with van der Waals surface area (Å²) < 4.78 is 176. The van der Waals surface area contributed by atoms with Crippen molar-refractivity contribution in [3.05, 3.63) is 0 Å². The molecule has 292 valence electrons. The number of alkyl halides is 12. The predicted octanol–water partition coefficient (Wildman–Crippen LogP) is 9.16. The van der Waals surface area contributed by atoms with E-state index in [1.165, 1.54) is 62.3 Å². The topological polar surface area (TPSA) is 108 Å². The second-order valence-electron chi connectivity index (χ2n) is 14.2. The van der Waals surface area contributed by atoms with E-state index in [1.54, 1.807) is 0 Å². The number of hydrogen-bond donors (Lipinski definition) is 1. The maximum absolute atomic E-state index is 13.7. The summed E-state index contributed by atoms with van der Waals surface area (Å²) in [5.41, 5.74) is -21.0. The molecule has 0 aromatic carbocycles. The molecular weight excluding hydrogens is 704 g/mol. The van der Waals surface area contributed by atoms with E-state index in [1.807, 2.05) is 0 Å². The van der Waals surface area contributed by atoms with Crippen LogP contribution in [0.4, 0.5) is 57.5 Å². The molecule has 0 heterocycles. The van der Waals surface area contributed by atoms with Gasteiger partial charge in [-0.3, -0.25) is 9.59 Å². The van der Waals surface area contributed by atoms with Gasteiger partial charge in [0.25, 0.3) is 5.60 Å². The molecule has 0 aromatic rings. The van der Waals surface area contributed by atoms with Gasteiger partial charge in [-0.05, 0) is 89.0 Å². The van der Waals surface area contributed by atoms with Gasteiger partial charge in [0.05, 0.1) is 10.8 Å².